The molecule has 0 unspecified atom stereocenters. The molecule has 3 nitrogen and oxygen atoms in total. The van der Waals surface area contributed by atoms with E-state index in [4.69, 9.17) is 11.5 Å². The standard InChI is InChI=1S/C15H17N3/c1-2-7-18-14-5-3-10(16)8-12(14)13-9-11(17)4-6-15(13)18/h3-6,8-9H,2,7,16-17H2,1H3. The highest BCUT2D eigenvalue weighted by Gasteiger charge is 2.10. The topological polar surface area (TPSA) is 57.0 Å². The van der Waals surface area contributed by atoms with Crippen molar-refractivity contribution in [3.8, 4) is 0 Å². The van der Waals surface area contributed by atoms with Gasteiger partial charge in [-0.1, -0.05) is 6.92 Å². The van der Waals surface area contributed by atoms with E-state index < -0.39 is 0 Å². The van der Waals surface area contributed by atoms with E-state index in [2.05, 4.69) is 23.6 Å². The molecule has 0 amide bonds. The summed E-state index contributed by atoms with van der Waals surface area (Å²) in [6, 6.07) is 12.2. The van der Waals surface area contributed by atoms with E-state index in [0.29, 0.717) is 0 Å². The molecule has 3 aromatic rings. The third-order valence-corrected chi connectivity index (χ3v) is 3.36. The average molecular weight is 239 g/mol. The van der Waals surface area contributed by atoms with Gasteiger partial charge in [-0.15, -0.1) is 0 Å². The number of benzene rings is 2. The minimum Gasteiger partial charge on any atom is -0.399 e. The number of aryl methyl sites for hydroxylation is 1. The van der Waals surface area contributed by atoms with Gasteiger partial charge in [-0.2, -0.15) is 0 Å². The zero-order chi connectivity index (χ0) is 12.7. The highest BCUT2D eigenvalue weighted by molar-refractivity contribution is 6.09. The van der Waals surface area contributed by atoms with Gasteiger partial charge in [0, 0.05) is 39.7 Å². The van der Waals surface area contributed by atoms with Crippen LogP contribution in [0.3, 0.4) is 0 Å². The van der Waals surface area contributed by atoms with E-state index in [1.807, 2.05) is 24.3 Å². The summed E-state index contributed by atoms with van der Waals surface area (Å²) in [6.07, 6.45) is 1.10. The molecule has 0 aliphatic carbocycles. The number of fused-ring (bicyclic) bond motifs is 3. The Kier molecular flexibility index (Phi) is 2.40. The zero-order valence-corrected chi connectivity index (χ0v) is 10.5. The van der Waals surface area contributed by atoms with Crippen molar-refractivity contribution in [1.29, 1.82) is 0 Å². The number of nitrogens with zero attached hydrogens (tertiary/aromatic N) is 1. The lowest BCUT2D eigenvalue weighted by Crippen LogP contribution is -1.96. The molecule has 0 saturated heterocycles. The van der Waals surface area contributed by atoms with Crippen LogP contribution in [0, 0.1) is 0 Å². The summed E-state index contributed by atoms with van der Waals surface area (Å²) in [7, 11) is 0. The van der Waals surface area contributed by atoms with Gasteiger partial charge in [-0.05, 0) is 42.8 Å². The summed E-state index contributed by atoms with van der Waals surface area (Å²) in [5.74, 6) is 0. The first-order valence-corrected chi connectivity index (χ1v) is 6.27. The summed E-state index contributed by atoms with van der Waals surface area (Å²) < 4.78 is 2.34. The fraction of sp³-hybridized carbons (Fsp3) is 0.200. The van der Waals surface area contributed by atoms with Gasteiger partial charge >= 0.3 is 0 Å². The fourth-order valence-electron chi connectivity index (χ4n) is 2.60. The van der Waals surface area contributed by atoms with Crippen molar-refractivity contribution >= 4 is 33.2 Å². The molecule has 0 aliphatic heterocycles. The summed E-state index contributed by atoms with van der Waals surface area (Å²) in [5, 5.41) is 2.37. The molecule has 1 aromatic heterocycles. The lowest BCUT2D eigenvalue weighted by Gasteiger charge is -2.05. The third-order valence-electron chi connectivity index (χ3n) is 3.36. The van der Waals surface area contributed by atoms with Crippen molar-refractivity contribution in [1.82, 2.24) is 4.57 Å². The molecule has 1 heterocycles. The Labute approximate surface area is 106 Å². The van der Waals surface area contributed by atoms with Crippen molar-refractivity contribution in [2.75, 3.05) is 11.5 Å². The fourth-order valence-corrected chi connectivity index (χ4v) is 2.60. The minimum atomic E-state index is 0.792. The predicted octanol–water partition coefficient (Wildman–Crippen LogP) is 3.37. The summed E-state index contributed by atoms with van der Waals surface area (Å²) in [6.45, 7) is 3.19. The molecule has 3 rings (SSSR count). The second-order valence-electron chi connectivity index (χ2n) is 4.70. The van der Waals surface area contributed by atoms with Crippen LogP contribution in [0.15, 0.2) is 36.4 Å². The van der Waals surface area contributed by atoms with Gasteiger partial charge in [0.15, 0.2) is 0 Å². The number of nitrogen functional groups attached to an aromatic ring is 2. The Hall–Kier alpha value is -2.16. The highest BCUT2D eigenvalue weighted by Crippen LogP contribution is 2.31. The normalized spacial score (nSPS) is 11.4. The molecule has 0 fully saturated rings. The smallest absolute Gasteiger partial charge is 0.0492 e. The quantitative estimate of drug-likeness (QED) is 0.674. The number of hydrogen-bond donors (Lipinski definition) is 2. The maximum atomic E-state index is 5.90. The van der Waals surface area contributed by atoms with Crippen LogP contribution in [0.5, 0.6) is 0 Å². The Bertz CT molecular complexity index is 666. The van der Waals surface area contributed by atoms with Crippen molar-refractivity contribution in [3.63, 3.8) is 0 Å². The van der Waals surface area contributed by atoms with E-state index >= 15 is 0 Å². The summed E-state index contributed by atoms with van der Waals surface area (Å²) in [5.41, 5.74) is 15.8. The molecule has 3 heteroatoms. The molecule has 0 saturated carbocycles. The molecule has 4 N–H and O–H groups in total. The van der Waals surface area contributed by atoms with E-state index in [-0.39, 0.29) is 0 Å². The first-order valence-electron chi connectivity index (χ1n) is 6.27. The van der Waals surface area contributed by atoms with Crippen LogP contribution < -0.4 is 11.5 Å². The van der Waals surface area contributed by atoms with Crippen LogP contribution in [0.2, 0.25) is 0 Å². The number of anilines is 2. The Morgan fingerprint density at radius 2 is 1.39 bits per heavy atom. The van der Waals surface area contributed by atoms with E-state index in [0.717, 1.165) is 24.3 Å². The number of nitrogens with two attached hydrogens (primary N) is 2. The minimum absolute atomic E-state index is 0.792. The maximum Gasteiger partial charge on any atom is 0.0492 e. The van der Waals surface area contributed by atoms with Gasteiger partial charge in [0.2, 0.25) is 0 Å². The monoisotopic (exact) mass is 239 g/mol. The van der Waals surface area contributed by atoms with Crippen LogP contribution in [-0.4, -0.2) is 4.57 Å². The zero-order valence-electron chi connectivity index (χ0n) is 10.5. The van der Waals surface area contributed by atoms with E-state index in [9.17, 15) is 0 Å². The highest BCUT2D eigenvalue weighted by atomic mass is 15.0. The van der Waals surface area contributed by atoms with Crippen LogP contribution in [0.25, 0.3) is 21.8 Å². The number of hydrogen-bond acceptors (Lipinski definition) is 2. The Balaban J connectivity index is 2.48. The largest absolute Gasteiger partial charge is 0.399 e. The van der Waals surface area contributed by atoms with Gasteiger partial charge in [0.1, 0.15) is 0 Å². The number of aromatic nitrogens is 1. The van der Waals surface area contributed by atoms with Crippen molar-refractivity contribution in [3.05, 3.63) is 36.4 Å². The molecule has 0 radical (unpaired) electrons. The second-order valence-corrected chi connectivity index (χ2v) is 4.70. The van der Waals surface area contributed by atoms with Gasteiger partial charge in [-0.25, -0.2) is 0 Å². The summed E-state index contributed by atoms with van der Waals surface area (Å²) >= 11 is 0. The molecule has 0 atom stereocenters. The van der Waals surface area contributed by atoms with Gasteiger partial charge in [0.05, 0.1) is 0 Å². The van der Waals surface area contributed by atoms with Crippen molar-refractivity contribution in [2.24, 2.45) is 0 Å². The molecule has 0 spiro atoms. The predicted molar refractivity (Wildman–Crippen MR) is 78.6 cm³/mol. The lowest BCUT2D eigenvalue weighted by molar-refractivity contribution is 0.724. The molecule has 0 aliphatic rings. The molecule has 0 bridgehead atoms. The maximum absolute atomic E-state index is 5.90. The molecule has 2 aromatic carbocycles. The SMILES string of the molecule is CCCn1c2ccc(N)cc2c2cc(N)ccc21. The molecule has 18 heavy (non-hydrogen) atoms. The van der Waals surface area contributed by atoms with Crippen LogP contribution >= 0.6 is 0 Å². The Morgan fingerprint density at radius 3 is 1.83 bits per heavy atom. The van der Waals surface area contributed by atoms with Gasteiger partial charge in [0.25, 0.3) is 0 Å². The van der Waals surface area contributed by atoms with Crippen LogP contribution in [-0.2, 0) is 6.54 Å². The van der Waals surface area contributed by atoms with E-state index in [1.54, 1.807) is 0 Å². The molecule has 92 valence electrons. The Morgan fingerprint density at radius 1 is 0.889 bits per heavy atom. The third kappa shape index (κ3) is 1.51. The lowest BCUT2D eigenvalue weighted by atomic mass is 10.1. The molecular weight excluding hydrogens is 222 g/mol. The van der Waals surface area contributed by atoms with E-state index in [1.165, 1.54) is 21.8 Å². The van der Waals surface area contributed by atoms with Crippen molar-refractivity contribution < 1.29 is 0 Å². The number of rotatable bonds is 2. The van der Waals surface area contributed by atoms with Crippen LogP contribution in [0.4, 0.5) is 11.4 Å². The van der Waals surface area contributed by atoms with Gasteiger partial charge < -0.3 is 16.0 Å². The van der Waals surface area contributed by atoms with Gasteiger partial charge in [-0.3, -0.25) is 0 Å². The average Bonchev–Trinajstić information content (AvgIpc) is 2.64. The first-order chi connectivity index (χ1) is 8.70. The first kappa shape index (κ1) is 11.0. The van der Waals surface area contributed by atoms with Crippen molar-refractivity contribution in [2.45, 2.75) is 19.9 Å². The molecular formula is C15H17N3. The summed E-state index contributed by atoms with van der Waals surface area (Å²) in [4.78, 5) is 0. The van der Waals surface area contributed by atoms with Crippen LogP contribution in [0.1, 0.15) is 13.3 Å². The second kappa shape index (κ2) is 3.95.